The van der Waals surface area contributed by atoms with Crippen molar-refractivity contribution in [1.82, 2.24) is 5.32 Å². The minimum Gasteiger partial charge on any atom is -0.348 e. The maximum atomic E-state index is 13.0. The van der Waals surface area contributed by atoms with E-state index in [9.17, 15) is 4.79 Å². The zero-order chi connectivity index (χ0) is 18.5. The second kappa shape index (κ2) is 8.71. The minimum atomic E-state index is -0.562. The molecule has 0 aromatic heterocycles. The van der Waals surface area contributed by atoms with Crippen LogP contribution in [-0.4, -0.2) is 29.7 Å². The van der Waals surface area contributed by atoms with Crippen molar-refractivity contribution < 1.29 is 14.3 Å². The van der Waals surface area contributed by atoms with E-state index in [2.05, 4.69) is 5.32 Å². The molecule has 3 rings (SSSR count). The molecule has 1 fully saturated rings. The first-order valence-electron chi connectivity index (χ1n) is 8.92. The van der Waals surface area contributed by atoms with Crippen LogP contribution in [0.5, 0.6) is 0 Å². The van der Waals surface area contributed by atoms with Gasteiger partial charge in [-0.05, 0) is 38.5 Å². The Kier molecular flexibility index (Phi) is 6.35. The van der Waals surface area contributed by atoms with Gasteiger partial charge in [0.2, 0.25) is 5.91 Å². The van der Waals surface area contributed by atoms with Crippen LogP contribution in [-0.2, 0) is 14.3 Å². The van der Waals surface area contributed by atoms with Gasteiger partial charge < -0.3 is 14.8 Å². The van der Waals surface area contributed by atoms with E-state index in [1.54, 1.807) is 0 Å². The SMILES string of the molecule is C[C@H](NC(=O)C(Sc1ccccc1)C1O[C@H](C)[C@@H](C)O1)c1ccccc1. The number of hydrogen-bond donors (Lipinski definition) is 1. The topological polar surface area (TPSA) is 47.6 Å². The number of hydrogen-bond acceptors (Lipinski definition) is 4. The van der Waals surface area contributed by atoms with Gasteiger partial charge in [0, 0.05) is 4.90 Å². The molecule has 0 radical (unpaired) electrons. The third kappa shape index (κ3) is 4.67. The van der Waals surface area contributed by atoms with Crippen molar-refractivity contribution in [2.24, 2.45) is 0 Å². The van der Waals surface area contributed by atoms with Crippen molar-refractivity contribution in [2.75, 3.05) is 0 Å². The average molecular weight is 372 g/mol. The first kappa shape index (κ1) is 19.0. The lowest BCUT2D eigenvalue weighted by Gasteiger charge is -2.24. The van der Waals surface area contributed by atoms with E-state index in [1.807, 2.05) is 81.4 Å². The lowest BCUT2D eigenvalue weighted by Crippen LogP contribution is -2.42. The Morgan fingerprint density at radius 1 is 0.962 bits per heavy atom. The molecule has 138 valence electrons. The zero-order valence-electron chi connectivity index (χ0n) is 15.3. The fraction of sp³-hybridized carbons (Fsp3) is 0.381. The summed E-state index contributed by atoms with van der Waals surface area (Å²) in [6.07, 6.45) is -0.621. The molecular weight excluding hydrogens is 346 g/mol. The lowest BCUT2D eigenvalue weighted by molar-refractivity contribution is -0.130. The maximum Gasteiger partial charge on any atom is 0.239 e. The normalized spacial score (nSPS) is 22.7. The second-order valence-corrected chi connectivity index (χ2v) is 7.76. The molecule has 1 N–H and O–H groups in total. The van der Waals surface area contributed by atoms with Crippen LogP contribution in [0.2, 0.25) is 0 Å². The predicted octanol–water partition coefficient (Wildman–Crippen LogP) is 4.17. The molecule has 4 nitrogen and oxygen atoms in total. The molecule has 26 heavy (non-hydrogen) atoms. The van der Waals surface area contributed by atoms with Crippen molar-refractivity contribution in [3.63, 3.8) is 0 Å². The molecule has 1 aliphatic heterocycles. The fourth-order valence-electron chi connectivity index (χ4n) is 2.82. The molecule has 2 aromatic rings. The number of rotatable bonds is 6. The molecule has 1 unspecified atom stereocenters. The van der Waals surface area contributed by atoms with Crippen molar-refractivity contribution >= 4 is 17.7 Å². The van der Waals surface area contributed by atoms with E-state index < -0.39 is 11.5 Å². The molecule has 1 amide bonds. The summed E-state index contributed by atoms with van der Waals surface area (Å²) >= 11 is 1.47. The minimum absolute atomic E-state index is 0.0294. The quantitative estimate of drug-likeness (QED) is 0.774. The Labute approximate surface area is 159 Å². The number of ether oxygens (including phenoxy) is 2. The summed E-state index contributed by atoms with van der Waals surface area (Å²) in [5.41, 5.74) is 1.07. The molecule has 1 aliphatic rings. The van der Waals surface area contributed by atoms with Crippen molar-refractivity contribution in [1.29, 1.82) is 0 Å². The number of thioether (sulfide) groups is 1. The first-order valence-corrected chi connectivity index (χ1v) is 9.80. The summed E-state index contributed by atoms with van der Waals surface area (Å²) in [7, 11) is 0. The number of nitrogens with one attached hydrogen (secondary N) is 1. The number of carbonyl (C=O) groups is 1. The zero-order valence-corrected chi connectivity index (χ0v) is 16.1. The van der Waals surface area contributed by atoms with Crippen LogP contribution in [0.25, 0.3) is 0 Å². The molecule has 0 saturated carbocycles. The third-order valence-electron chi connectivity index (χ3n) is 4.53. The average Bonchev–Trinajstić information content (AvgIpc) is 2.99. The van der Waals surface area contributed by atoms with Gasteiger partial charge in [-0.1, -0.05) is 48.5 Å². The Balaban J connectivity index is 1.74. The van der Waals surface area contributed by atoms with Crippen LogP contribution in [0.15, 0.2) is 65.6 Å². The summed E-state index contributed by atoms with van der Waals surface area (Å²) in [5.74, 6) is -0.0819. The van der Waals surface area contributed by atoms with Crippen LogP contribution >= 0.6 is 11.8 Å². The number of carbonyl (C=O) groups excluding carboxylic acids is 1. The molecule has 5 heteroatoms. The molecule has 1 saturated heterocycles. The summed E-state index contributed by atoms with van der Waals surface area (Å²) in [5, 5.41) is 2.63. The highest BCUT2D eigenvalue weighted by Crippen LogP contribution is 2.32. The summed E-state index contributed by atoms with van der Waals surface area (Å²) in [6, 6.07) is 19.7. The predicted molar refractivity (Wildman–Crippen MR) is 104 cm³/mol. The number of benzene rings is 2. The first-order chi connectivity index (χ1) is 12.5. The van der Waals surface area contributed by atoms with Crippen LogP contribution in [0.4, 0.5) is 0 Å². The molecule has 0 bridgehead atoms. The molecule has 2 aromatic carbocycles. The summed E-state index contributed by atoms with van der Waals surface area (Å²) < 4.78 is 11.8. The Hall–Kier alpha value is -1.82. The number of amides is 1. The van der Waals surface area contributed by atoms with Gasteiger partial charge in [-0.15, -0.1) is 11.8 Å². The molecule has 4 atom stereocenters. The maximum absolute atomic E-state index is 13.0. The van der Waals surface area contributed by atoms with E-state index in [0.29, 0.717) is 0 Å². The standard InChI is InChI=1S/C21H25NO3S/c1-14(17-10-6-4-7-11-17)22-20(23)19(21-24-15(2)16(3)25-21)26-18-12-8-5-9-13-18/h4-16,19,21H,1-3H3,(H,22,23)/t14-,15+,16+,19?/m0/s1. The van der Waals surface area contributed by atoms with Crippen molar-refractivity contribution in [3.8, 4) is 0 Å². The van der Waals surface area contributed by atoms with Crippen LogP contribution in [0.3, 0.4) is 0 Å². The smallest absolute Gasteiger partial charge is 0.239 e. The molecule has 0 spiro atoms. The van der Waals surface area contributed by atoms with Crippen LogP contribution in [0, 0.1) is 0 Å². The largest absolute Gasteiger partial charge is 0.348 e. The molecule has 1 heterocycles. The summed E-state index contributed by atoms with van der Waals surface area (Å²) in [6.45, 7) is 5.93. The van der Waals surface area contributed by atoms with Crippen molar-refractivity contribution in [2.45, 2.75) is 55.5 Å². The highest BCUT2D eigenvalue weighted by molar-refractivity contribution is 8.00. The van der Waals surface area contributed by atoms with Crippen LogP contribution < -0.4 is 5.32 Å². The second-order valence-electron chi connectivity index (χ2n) is 6.54. The monoisotopic (exact) mass is 371 g/mol. The van der Waals surface area contributed by atoms with E-state index in [0.717, 1.165) is 10.5 Å². The Morgan fingerprint density at radius 2 is 1.50 bits per heavy atom. The fourth-order valence-corrected chi connectivity index (χ4v) is 3.84. The Bertz CT molecular complexity index is 700. The third-order valence-corrected chi connectivity index (χ3v) is 5.76. The van der Waals surface area contributed by atoms with Gasteiger partial charge in [0.25, 0.3) is 0 Å². The molecule has 0 aliphatic carbocycles. The van der Waals surface area contributed by atoms with Gasteiger partial charge in [0.15, 0.2) is 6.29 Å². The highest BCUT2D eigenvalue weighted by atomic mass is 32.2. The van der Waals surface area contributed by atoms with Gasteiger partial charge >= 0.3 is 0 Å². The highest BCUT2D eigenvalue weighted by Gasteiger charge is 2.40. The van der Waals surface area contributed by atoms with E-state index in [4.69, 9.17) is 9.47 Å². The van der Waals surface area contributed by atoms with Gasteiger partial charge in [0.05, 0.1) is 18.2 Å². The summed E-state index contributed by atoms with van der Waals surface area (Å²) in [4.78, 5) is 14.1. The van der Waals surface area contributed by atoms with Crippen LogP contribution in [0.1, 0.15) is 32.4 Å². The van der Waals surface area contributed by atoms with Gasteiger partial charge in [0.1, 0.15) is 5.25 Å². The Morgan fingerprint density at radius 3 is 2.08 bits per heavy atom. The van der Waals surface area contributed by atoms with Gasteiger partial charge in [-0.2, -0.15) is 0 Å². The van der Waals surface area contributed by atoms with E-state index in [-0.39, 0.29) is 24.2 Å². The van der Waals surface area contributed by atoms with E-state index in [1.165, 1.54) is 11.8 Å². The van der Waals surface area contributed by atoms with Gasteiger partial charge in [-0.3, -0.25) is 4.79 Å². The van der Waals surface area contributed by atoms with Crippen molar-refractivity contribution in [3.05, 3.63) is 66.2 Å². The molecular formula is C21H25NO3S. The van der Waals surface area contributed by atoms with E-state index >= 15 is 0 Å². The lowest BCUT2D eigenvalue weighted by atomic mass is 10.1. The van der Waals surface area contributed by atoms with Gasteiger partial charge in [-0.25, -0.2) is 0 Å².